The van der Waals surface area contributed by atoms with Crippen LogP contribution in [0.5, 0.6) is 0 Å². The van der Waals surface area contributed by atoms with Gasteiger partial charge in [-0.3, -0.25) is 20.1 Å². The Bertz CT molecular complexity index is 905. The van der Waals surface area contributed by atoms with Crippen molar-refractivity contribution in [2.45, 2.75) is 24.8 Å². The normalized spacial score (nSPS) is 13.0. The molecular weight excluding hydrogens is 416 g/mol. The van der Waals surface area contributed by atoms with E-state index in [1.165, 1.54) is 0 Å². The lowest BCUT2D eigenvalue weighted by molar-refractivity contribution is -0.125. The molecule has 6 heteroatoms. The minimum absolute atomic E-state index is 0.389. The molecule has 2 heterocycles. The van der Waals surface area contributed by atoms with Gasteiger partial charge < -0.3 is 5.73 Å². The van der Waals surface area contributed by atoms with Crippen molar-refractivity contribution in [3.05, 3.63) is 94.5 Å². The van der Waals surface area contributed by atoms with Gasteiger partial charge in [0.15, 0.2) is 0 Å². The van der Waals surface area contributed by atoms with Crippen molar-refractivity contribution in [1.82, 2.24) is 15.3 Å². The van der Waals surface area contributed by atoms with Gasteiger partial charge in [0.2, 0.25) is 5.91 Å². The van der Waals surface area contributed by atoms with E-state index in [0.29, 0.717) is 19.4 Å². The van der Waals surface area contributed by atoms with Gasteiger partial charge in [0.05, 0.1) is 0 Å². The highest BCUT2D eigenvalue weighted by atomic mass is 79.9. The molecule has 5 nitrogen and oxygen atoms in total. The van der Waals surface area contributed by atoms with Crippen LogP contribution in [0.4, 0.5) is 0 Å². The second-order valence-corrected chi connectivity index (χ2v) is 7.50. The maximum Gasteiger partial charge on any atom is 0.242 e. The number of aryl methyl sites for hydroxylation is 1. The quantitative estimate of drug-likeness (QED) is 0.536. The molecule has 0 bridgehead atoms. The summed E-state index contributed by atoms with van der Waals surface area (Å²) >= 11 is 3.60. The summed E-state index contributed by atoms with van der Waals surface area (Å²) in [6.07, 6.45) is 9.10. The SMILES string of the molecule is NC(=O)C(CCc1ccncc1)(NCCc1cccnc1)c1ccccc1Br. The van der Waals surface area contributed by atoms with Crippen molar-refractivity contribution in [3.8, 4) is 0 Å². The summed E-state index contributed by atoms with van der Waals surface area (Å²) in [5.41, 5.74) is 8.06. The van der Waals surface area contributed by atoms with E-state index in [1.807, 2.05) is 54.7 Å². The predicted molar refractivity (Wildman–Crippen MR) is 114 cm³/mol. The number of halogens is 1. The zero-order valence-corrected chi connectivity index (χ0v) is 17.1. The first kappa shape index (κ1) is 20.2. The second kappa shape index (κ2) is 9.57. The molecule has 0 aliphatic heterocycles. The van der Waals surface area contributed by atoms with Crippen molar-refractivity contribution >= 4 is 21.8 Å². The van der Waals surface area contributed by atoms with Crippen molar-refractivity contribution < 1.29 is 4.79 Å². The number of hydrogen-bond donors (Lipinski definition) is 2. The maximum atomic E-state index is 12.8. The Kier molecular flexibility index (Phi) is 6.90. The van der Waals surface area contributed by atoms with E-state index in [0.717, 1.165) is 27.6 Å². The average molecular weight is 439 g/mol. The number of aromatic nitrogens is 2. The highest BCUT2D eigenvalue weighted by molar-refractivity contribution is 9.10. The fourth-order valence-corrected chi connectivity index (χ4v) is 3.94. The van der Waals surface area contributed by atoms with E-state index in [-0.39, 0.29) is 5.91 Å². The molecule has 1 aromatic carbocycles. The molecular formula is C22H23BrN4O. The average Bonchev–Trinajstić information content (AvgIpc) is 2.72. The topological polar surface area (TPSA) is 80.9 Å². The summed E-state index contributed by atoms with van der Waals surface area (Å²) in [4.78, 5) is 21.0. The van der Waals surface area contributed by atoms with Crippen LogP contribution in [0.1, 0.15) is 23.1 Å². The van der Waals surface area contributed by atoms with Gasteiger partial charge in [-0.15, -0.1) is 0 Å². The lowest BCUT2D eigenvalue weighted by atomic mass is 9.83. The van der Waals surface area contributed by atoms with Crippen molar-refractivity contribution in [3.63, 3.8) is 0 Å². The Morgan fingerprint density at radius 3 is 2.43 bits per heavy atom. The van der Waals surface area contributed by atoms with Gasteiger partial charge in [0.1, 0.15) is 5.54 Å². The van der Waals surface area contributed by atoms with E-state index in [9.17, 15) is 4.79 Å². The number of nitrogens with two attached hydrogens (primary N) is 1. The third-order valence-corrected chi connectivity index (χ3v) is 5.55. The number of carbonyl (C=O) groups is 1. The molecule has 3 rings (SSSR count). The van der Waals surface area contributed by atoms with Crippen LogP contribution in [-0.2, 0) is 23.2 Å². The van der Waals surface area contributed by atoms with Crippen LogP contribution < -0.4 is 11.1 Å². The number of nitrogens with zero attached hydrogens (tertiary/aromatic N) is 2. The summed E-state index contributed by atoms with van der Waals surface area (Å²) in [6.45, 7) is 0.603. The highest BCUT2D eigenvalue weighted by Crippen LogP contribution is 2.32. The van der Waals surface area contributed by atoms with Crippen LogP contribution in [0.15, 0.2) is 77.8 Å². The Morgan fingerprint density at radius 2 is 1.75 bits per heavy atom. The molecule has 144 valence electrons. The number of carbonyl (C=O) groups excluding carboxylic acids is 1. The molecule has 0 radical (unpaired) electrons. The van der Waals surface area contributed by atoms with Crippen LogP contribution in [-0.4, -0.2) is 22.4 Å². The fourth-order valence-electron chi connectivity index (χ4n) is 3.32. The summed E-state index contributed by atoms with van der Waals surface area (Å²) in [7, 11) is 0. The highest BCUT2D eigenvalue weighted by Gasteiger charge is 2.39. The van der Waals surface area contributed by atoms with Gasteiger partial charge in [-0.25, -0.2) is 0 Å². The zero-order valence-electron chi connectivity index (χ0n) is 15.5. The molecule has 0 aliphatic rings. The van der Waals surface area contributed by atoms with Crippen LogP contribution >= 0.6 is 15.9 Å². The molecule has 1 amide bonds. The number of hydrogen-bond acceptors (Lipinski definition) is 4. The molecule has 0 fully saturated rings. The Labute approximate surface area is 173 Å². The molecule has 0 aliphatic carbocycles. The Balaban J connectivity index is 1.86. The molecule has 1 atom stereocenters. The van der Waals surface area contributed by atoms with Gasteiger partial charge >= 0.3 is 0 Å². The smallest absolute Gasteiger partial charge is 0.242 e. The Morgan fingerprint density at radius 1 is 0.964 bits per heavy atom. The molecule has 1 unspecified atom stereocenters. The first-order valence-corrected chi connectivity index (χ1v) is 9.99. The first-order valence-electron chi connectivity index (χ1n) is 9.19. The van der Waals surface area contributed by atoms with Gasteiger partial charge in [0, 0.05) is 35.8 Å². The number of rotatable bonds is 9. The number of primary amides is 1. The van der Waals surface area contributed by atoms with Crippen LogP contribution in [0.3, 0.4) is 0 Å². The molecule has 28 heavy (non-hydrogen) atoms. The zero-order chi connectivity index (χ0) is 19.8. The summed E-state index contributed by atoms with van der Waals surface area (Å²) in [6, 6.07) is 15.6. The maximum absolute atomic E-state index is 12.8. The van der Waals surface area contributed by atoms with Crippen LogP contribution in [0, 0.1) is 0 Å². The standard InChI is InChI=1S/C22H23BrN4O/c23-20-6-2-1-5-19(20)22(21(24)28,11-7-17-8-13-25-14-9-17)27-15-10-18-4-3-12-26-16-18/h1-6,8-9,12-14,16,27H,7,10-11,15H2,(H2,24,28). The van der Waals surface area contributed by atoms with Crippen LogP contribution in [0.25, 0.3) is 0 Å². The third kappa shape index (κ3) is 4.82. The first-order chi connectivity index (χ1) is 13.6. The van der Waals surface area contributed by atoms with E-state index in [2.05, 4.69) is 31.2 Å². The lowest BCUT2D eigenvalue weighted by Crippen LogP contribution is -2.53. The molecule has 2 aromatic heterocycles. The molecule has 0 saturated heterocycles. The van der Waals surface area contributed by atoms with Gasteiger partial charge in [-0.05, 0) is 60.2 Å². The number of pyridine rings is 2. The van der Waals surface area contributed by atoms with E-state index in [1.54, 1.807) is 18.6 Å². The third-order valence-electron chi connectivity index (χ3n) is 4.86. The van der Waals surface area contributed by atoms with Crippen LogP contribution in [0.2, 0.25) is 0 Å². The monoisotopic (exact) mass is 438 g/mol. The number of nitrogens with one attached hydrogen (secondary N) is 1. The van der Waals surface area contributed by atoms with Gasteiger partial charge in [-0.2, -0.15) is 0 Å². The van der Waals surface area contributed by atoms with E-state index >= 15 is 0 Å². The van der Waals surface area contributed by atoms with E-state index < -0.39 is 5.54 Å². The predicted octanol–water partition coefficient (Wildman–Crippen LogP) is 3.38. The summed E-state index contributed by atoms with van der Waals surface area (Å²) < 4.78 is 0.859. The molecule has 3 N–H and O–H groups in total. The molecule has 0 saturated carbocycles. The largest absolute Gasteiger partial charge is 0.368 e. The number of amides is 1. The fraction of sp³-hybridized carbons (Fsp3) is 0.227. The van der Waals surface area contributed by atoms with Gasteiger partial charge in [-0.1, -0.05) is 40.2 Å². The van der Waals surface area contributed by atoms with Crippen molar-refractivity contribution in [2.75, 3.05) is 6.54 Å². The lowest BCUT2D eigenvalue weighted by Gasteiger charge is -2.33. The Hall–Kier alpha value is -2.57. The number of benzene rings is 1. The van der Waals surface area contributed by atoms with Gasteiger partial charge in [0.25, 0.3) is 0 Å². The summed E-state index contributed by atoms with van der Waals surface area (Å²) in [5, 5.41) is 3.46. The minimum Gasteiger partial charge on any atom is -0.368 e. The molecule has 3 aromatic rings. The second-order valence-electron chi connectivity index (χ2n) is 6.64. The minimum atomic E-state index is -0.981. The van der Waals surface area contributed by atoms with E-state index in [4.69, 9.17) is 5.73 Å². The van der Waals surface area contributed by atoms with Crippen molar-refractivity contribution in [2.24, 2.45) is 5.73 Å². The molecule has 0 spiro atoms. The summed E-state index contributed by atoms with van der Waals surface area (Å²) in [5.74, 6) is -0.389. The van der Waals surface area contributed by atoms with Crippen molar-refractivity contribution in [1.29, 1.82) is 0 Å².